The Hall–Kier alpha value is -2.43. The third-order valence-electron chi connectivity index (χ3n) is 6.48. The highest BCUT2D eigenvalue weighted by Gasteiger charge is 2.28. The number of benzene rings is 1. The zero-order valence-electron chi connectivity index (χ0n) is 23.9. The van der Waals surface area contributed by atoms with Crippen molar-refractivity contribution in [2.75, 3.05) is 50.9 Å². The molecule has 1 N–H and O–H groups in total. The molecule has 0 bridgehead atoms. The number of rotatable bonds is 20. The van der Waals surface area contributed by atoms with E-state index in [1.54, 1.807) is 30.0 Å². The molecule has 1 aromatic carbocycles. The highest BCUT2D eigenvalue weighted by atomic mass is 32.2. The molecule has 8 nitrogen and oxygen atoms in total. The molecule has 2 atom stereocenters. The summed E-state index contributed by atoms with van der Waals surface area (Å²) in [6, 6.07) is 6.02. The first-order valence-corrected chi connectivity index (χ1v) is 15.5. The van der Waals surface area contributed by atoms with Gasteiger partial charge in [0, 0.05) is 31.6 Å². The van der Waals surface area contributed by atoms with E-state index in [1.165, 1.54) is 12.1 Å². The molecule has 1 aromatic rings. The van der Waals surface area contributed by atoms with Crippen LogP contribution in [0, 0.1) is 5.82 Å². The summed E-state index contributed by atoms with van der Waals surface area (Å²) < 4.78 is 23.4. The van der Waals surface area contributed by atoms with Crippen LogP contribution in [0.25, 0.3) is 0 Å². The van der Waals surface area contributed by atoms with Crippen LogP contribution in [0.5, 0.6) is 0 Å². The minimum absolute atomic E-state index is 0.0404. The Morgan fingerprint density at radius 3 is 2.48 bits per heavy atom. The quantitative estimate of drug-likeness (QED) is 0.141. The maximum Gasteiger partial charge on any atom is 0.320 e. The first kappa shape index (κ1) is 33.8. The Morgan fingerprint density at radius 1 is 1.12 bits per heavy atom. The number of aliphatic hydroxyl groups is 1. The van der Waals surface area contributed by atoms with E-state index in [2.05, 4.69) is 18.7 Å². The average molecular weight is 581 g/mol. The number of esters is 2. The van der Waals surface area contributed by atoms with Crippen molar-refractivity contribution in [1.29, 1.82) is 0 Å². The average Bonchev–Trinajstić information content (AvgIpc) is 3.28. The molecule has 1 aliphatic rings. The van der Waals surface area contributed by atoms with Crippen LogP contribution in [0.15, 0.2) is 36.4 Å². The number of ether oxygens (including phenoxy) is 2. The normalized spacial score (nSPS) is 16.2. The van der Waals surface area contributed by atoms with Gasteiger partial charge in [0.05, 0.1) is 18.7 Å². The molecular formula is C30H45FN2O6S. The third kappa shape index (κ3) is 13.8. The molecule has 10 heteroatoms. The highest BCUT2D eigenvalue weighted by Crippen LogP contribution is 2.21. The minimum atomic E-state index is -0.703. The van der Waals surface area contributed by atoms with Gasteiger partial charge < -0.3 is 19.5 Å². The van der Waals surface area contributed by atoms with E-state index < -0.39 is 6.10 Å². The fourth-order valence-corrected chi connectivity index (χ4v) is 5.41. The molecule has 1 heterocycles. The van der Waals surface area contributed by atoms with Crippen molar-refractivity contribution in [2.45, 2.75) is 70.9 Å². The van der Waals surface area contributed by atoms with Crippen LogP contribution in [0.1, 0.15) is 57.9 Å². The summed E-state index contributed by atoms with van der Waals surface area (Å²) in [6.07, 6.45) is 7.42. The van der Waals surface area contributed by atoms with Crippen LogP contribution in [0.3, 0.4) is 0 Å². The Bertz CT molecular complexity index is 923. The number of likely N-dealkylation sites (tertiary alicyclic amines) is 1. The second-order valence-corrected chi connectivity index (χ2v) is 11.1. The monoisotopic (exact) mass is 580 g/mol. The van der Waals surface area contributed by atoms with Crippen LogP contribution < -0.4 is 0 Å². The Labute approximate surface area is 242 Å². The lowest BCUT2D eigenvalue weighted by Crippen LogP contribution is -2.34. The van der Waals surface area contributed by atoms with Gasteiger partial charge in [0.2, 0.25) is 5.91 Å². The number of aliphatic hydroxyl groups excluding tert-OH is 1. The van der Waals surface area contributed by atoms with Gasteiger partial charge in [-0.05, 0) is 62.2 Å². The maximum absolute atomic E-state index is 13.1. The summed E-state index contributed by atoms with van der Waals surface area (Å²) in [5.74, 6) is 0.716. The van der Waals surface area contributed by atoms with E-state index in [0.717, 1.165) is 49.4 Å². The Balaban J connectivity index is 1.55. The summed E-state index contributed by atoms with van der Waals surface area (Å²) in [4.78, 5) is 40.1. The predicted octanol–water partition coefficient (Wildman–Crippen LogP) is 4.00. The molecule has 1 saturated heterocycles. The molecule has 2 rings (SSSR count). The van der Waals surface area contributed by atoms with Gasteiger partial charge in [-0.2, -0.15) is 11.8 Å². The fourth-order valence-electron chi connectivity index (χ4n) is 4.53. The van der Waals surface area contributed by atoms with Gasteiger partial charge in [-0.25, -0.2) is 4.39 Å². The van der Waals surface area contributed by atoms with Gasteiger partial charge in [0.25, 0.3) is 0 Å². The SMILES string of the molecule is CCCN(CCC)CC(=O)OCCOC(=O)CCCSCCN1C(=O)CCC1/C=C/[C@@H](O)Cc1ccc(F)cc1. The smallest absolute Gasteiger partial charge is 0.320 e. The van der Waals surface area contributed by atoms with Crippen LogP contribution in [0.4, 0.5) is 4.39 Å². The van der Waals surface area contributed by atoms with Crippen molar-refractivity contribution in [3.8, 4) is 0 Å². The number of carbonyl (C=O) groups excluding carboxylic acids is 3. The minimum Gasteiger partial charge on any atom is -0.462 e. The number of nitrogens with zero attached hydrogens (tertiary/aromatic N) is 2. The largest absolute Gasteiger partial charge is 0.462 e. The maximum atomic E-state index is 13.1. The zero-order valence-corrected chi connectivity index (χ0v) is 24.7. The van der Waals surface area contributed by atoms with Gasteiger partial charge in [0.15, 0.2) is 0 Å². The molecule has 0 aromatic heterocycles. The van der Waals surface area contributed by atoms with Crippen LogP contribution >= 0.6 is 11.8 Å². The number of hydrogen-bond donors (Lipinski definition) is 1. The Kier molecular flexibility index (Phi) is 16.6. The molecule has 0 saturated carbocycles. The lowest BCUT2D eigenvalue weighted by atomic mass is 10.1. The summed E-state index contributed by atoms with van der Waals surface area (Å²) in [5, 5.41) is 10.3. The van der Waals surface area contributed by atoms with E-state index in [4.69, 9.17) is 9.47 Å². The fraction of sp³-hybridized carbons (Fsp3) is 0.633. The van der Waals surface area contributed by atoms with E-state index in [0.29, 0.717) is 32.2 Å². The first-order valence-electron chi connectivity index (χ1n) is 14.3. The van der Waals surface area contributed by atoms with E-state index in [9.17, 15) is 23.9 Å². The first-order chi connectivity index (χ1) is 19.3. The van der Waals surface area contributed by atoms with Gasteiger partial charge in [-0.15, -0.1) is 0 Å². The molecule has 0 spiro atoms. The molecule has 1 unspecified atom stereocenters. The second kappa shape index (κ2) is 19.6. The van der Waals surface area contributed by atoms with E-state index in [-0.39, 0.29) is 49.5 Å². The van der Waals surface area contributed by atoms with Crippen molar-refractivity contribution in [3.05, 3.63) is 47.8 Å². The molecule has 0 radical (unpaired) electrons. The number of hydrogen-bond acceptors (Lipinski definition) is 8. The summed E-state index contributed by atoms with van der Waals surface area (Å²) >= 11 is 1.68. The van der Waals surface area contributed by atoms with Crippen molar-refractivity contribution in [2.24, 2.45) is 0 Å². The van der Waals surface area contributed by atoms with Crippen LogP contribution in [-0.4, -0.2) is 95.8 Å². The molecule has 1 amide bonds. The second-order valence-electron chi connectivity index (χ2n) is 9.91. The zero-order chi connectivity index (χ0) is 29.2. The summed E-state index contributed by atoms with van der Waals surface area (Å²) in [6.45, 7) is 6.84. The highest BCUT2D eigenvalue weighted by molar-refractivity contribution is 7.99. The summed E-state index contributed by atoms with van der Waals surface area (Å²) in [7, 11) is 0. The number of amides is 1. The van der Waals surface area contributed by atoms with Crippen molar-refractivity contribution < 1.29 is 33.4 Å². The van der Waals surface area contributed by atoms with Gasteiger partial charge in [-0.3, -0.25) is 19.3 Å². The molecule has 1 fully saturated rings. The predicted molar refractivity (Wildman–Crippen MR) is 155 cm³/mol. The van der Waals surface area contributed by atoms with Gasteiger partial charge >= 0.3 is 11.9 Å². The number of thioether (sulfide) groups is 1. The molecule has 0 aliphatic carbocycles. The third-order valence-corrected chi connectivity index (χ3v) is 7.52. The van der Waals surface area contributed by atoms with Crippen LogP contribution in [0.2, 0.25) is 0 Å². The molecule has 224 valence electrons. The standard InChI is InChI=1S/C30H45FN2O6S/c1-3-15-32(16-4-2)23-30(37)39-19-18-38-29(36)6-5-20-40-21-17-33-26(12-14-28(33)35)11-13-27(34)22-24-7-9-25(31)10-8-24/h7-11,13,26-27,34H,3-6,12,14-23H2,1-2H3/b13-11+/t26?,27-/m1/s1. The van der Waals surface area contributed by atoms with Gasteiger partial charge in [-0.1, -0.05) is 38.1 Å². The van der Waals surface area contributed by atoms with Crippen molar-refractivity contribution >= 4 is 29.6 Å². The molecule has 1 aliphatic heterocycles. The molecular weight excluding hydrogens is 535 g/mol. The lowest BCUT2D eigenvalue weighted by Gasteiger charge is -2.22. The van der Waals surface area contributed by atoms with E-state index >= 15 is 0 Å². The number of carbonyl (C=O) groups is 3. The van der Waals surface area contributed by atoms with Gasteiger partial charge in [0.1, 0.15) is 19.0 Å². The Morgan fingerprint density at radius 2 is 1.80 bits per heavy atom. The van der Waals surface area contributed by atoms with Crippen LogP contribution in [-0.2, 0) is 30.3 Å². The molecule has 40 heavy (non-hydrogen) atoms. The topological polar surface area (TPSA) is 96.4 Å². The summed E-state index contributed by atoms with van der Waals surface area (Å²) in [5.41, 5.74) is 0.846. The lowest BCUT2D eigenvalue weighted by molar-refractivity contribution is -0.153. The van der Waals surface area contributed by atoms with E-state index in [1.807, 2.05) is 11.0 Å². The van der Waals surface area contributed by atoms with Crippen molar-refractivity contribution in [3.63, 3.8) is 0 Å². The number of halogens is 1. The van der Waals surface area contributed by atoms with Crippen molar-refractivity contribution in [1.82, 2.24) is 9.80 Å².